The van der Waals surface area contributed by atoms with Gasteiger partial charge in [-0.25, -0.2) is 4.68 Å². The third kappa shape index (κ3) is 2.10. The van der Waals surface area contributed by atoms with E-state index in [1.54, 1.807) is 7.05 Å². The van der Waals surface area contributed by atoms with Crippen LogP contribution >= 0.6 is 0 Å². The molecule has 5 nitrogen and oxygen atoms in total. The van der Waals surface area contributed by atoms with Crippen LogP contribution in [0.1, 0.15) is 50.3 Å². The summed E-state index contributed by atoms with van der Waals surface area (Å²) >= 11 is 0. The van der Waals surface area contributed by atoms with E-state index >= 15 is 0 Å². The molecule has 5 heteroatoms. The Labute approximate surface area is 95.1 Å². The molecule has 1 saturated carbocycles. The molecule has 0 aromatic carbocycles. The van der Waals surface area contributed by atoms with E-state index in [1.807, 2.05) is 0 Å². The van der Waals surface area contributed by atoms with Crippen molar-refractivity contribution in [3.63, 3.8) is 0 Å². The fraction of sp³-hybridized carbons (Fsp3) is 0.818. The monoisotopic (exact) mass is 225 g/mol. The van der Waals surface area contributed by atoms with Crippen LogP contribution < -0.4 is 0 Å². The van der Waals surface area contributed by atoms with Crippen LogP contribution in [0.25, 0.3) is 0 Å². The molecule has 1 aromatic rings. The Balaban J connectivity index is 2.18. The number of aliphatic hydroxyl groups excluding tert-OH is 1. The standard InChI is InChI=1S/C11H19N3O2/c1-14-9(8-12-13-14)10(15)11(16)6-4-2-3-5-7-11/h8,10,15-16H,2-7H2,1H3. The van der Waals surface area contributed by atoms with Crippen molar-refractivity contribution in [2.75, 3.05) is 0 Å². The number of nitrogens with zero attached hydrogens (tertiary/aromatic N) is 3. The summed E-state index contributed by atoms with van der Waals surface area (Å²) in [5.74, 6) is 0. The maximum absolute atomic E-state index is 10.5. The first-order valence-electron chi connectivity index (χ1n) is 5.88. The molecule has 90 valence electrons. The van der Waals surface area contributed by atoms with Crippen molar-refractivity contribution in [3.8, 4) is 0 Å². The van der Waals surface area contributed by atoms with Gasteiger partial charge in [0, 0.05) is 7.05 Å². The van der Waals surface area contributed by atoms with Crippen LogP contribution in [0.5, 0.6) is 0 Å². The van der Waals surface area contributed by atoms with E-state index in [1.165, 1.54) is 10.9 Å². The van der Waals surface area contributed by atoms with Gasteiger partial charge in [0.05, 0.1) is 17.5 Å². The molecule has 1 atom stereocenters. The molecular formula is C11H19N3O2. The first-order valence-corrected chi connectivity index (χ1v) is 5.88. The highest BCUT2D eigenvalue weighted by Gasteiger charge is 2.38. The molecule has 1 unspecified atom stereocenters. The first-order chi connectivity index (χ1) is 7.63. The predicted molar refractivity (Wildman–Crippen MR) is 58.6 cm³/mol. The maximum Gasteiger partial charge on any atom is 0.126 e. The van der Waals surface area contributed by atoms with Gasteiger partial charge in [0.15, 0.2) is 0 Å². The molecule has 0 saturated heterocycles. The molecule has 1 aliphatic rings. The van der Waals surface area contributed by atoms with E-state index in [4.69, 9.17) is 0 Å². The Morgan fingerprint density at radius 1 is 1.31 bits per heavy atom. The number of hydrogen-bond donors (Lipinski definition) is 2. The van der Waals surface area contributed by atoms with Gasteiger partial charge in [0.1, 0.15) is 6.10 Å². The zero-order valence-corrected chi connectivity index (χ0v) is 9.63. The molecule has 2 N–H and O–H groups in total. The molecule has 0 spiro atoms. The fourth-order valence-electron chi connectivity index (χ4n) is 2.43. The van der Waals surface area contributed by atoms with E-state index in [-0.39, 0.29) is 0 Å². The van der Waals surface area contributed by atoms with Crippen molar-refractivity contribution in [1.82, 2.24) is 15.0 Å². The maximum atomic E-state index is 10.5. The first kappa shape index (κ1) is 11.5. The van der Waals surface area contributed by atoms with Crippen LogP contribution in [-0.2, 0) is 7.05 Å². The van der Waals surface area contributed by atoms with Crippen molar-refractivity contribution in [1.29, 1.82) is 0 Å². The Kier molecular flexibility index (Phi) is 3.25. The van der Waals surface area contributed by atoms with Crippen LogP contribution in [0.15, 0.2) is 6.20 Å². The molecule has 1 aromatic heterocycles. The minimum atomic E-state index is -1.01. The molecule has 1 aliphatic carbocycles. The van der Waals surface area contributed by atoms with E-state index in [0.717, 1.165) is 25.7 Å². The summed E-state index contributed by atoms with van der Waals surface area (Å²) < 4.78 is 1.52. The SMILES string of the molecule is Cn1nncc1C(O)C1(O)CCCCCC1. The Hall–Kier alpha value is -0.940. The highest BCUT2D eigenvalue weighted by atomic mass is 16.3. The second-order valence-electron chi connectivity index (χ2n) is 4.70. The summed E-state index contributed by atoms with van der Waals surface area (Å²) in [6.45, 7) is 0. The molecule has 0 aliphatic heterocycles. The minimum absolute atomic E-state index is 0.587. The van der Waals surface area contributed by atoms with Crippen molar-refractivity contribution in [3.05, 3.63) is 11.9 Å². The second-order valence-corrected chi connectivity index (χ2v) is 4.70. The summed E-state index contributed by atoms with van der Waals surface area (Å²) in [6, 6.07) is 0. The van der Waals surface area contributed by atoms with Gasteiger partial charge < -0.3 is 10.2 Å². The zero-order valence-electron chi connectivity index (χ0n) is 9.63. The summed E-state index contributed by atoms with van der Waals surface area (Å²) in [7, 11) is 1.73. The Morgan fingerprint density at radius 2 is 1.94 bits per heavy atom. The summed E-state index contributed by atoms with van der Waals surface area (Å²) in [4.78, 5) is 0. The molecular weight excluding hydrogens is 206 g/mol. The van der Waals surface area contributed by atoms with E-state index in [2.05, 4.69) is 10.3 Å². The third-order valence-electron chi connectivity index (χ3n) is 3.51. The topological polar surface area (TPSA) is 71.2 Å². The molecule has 1 heterocycles. The van der Waals surface area contributed by atoms with Crippen LogP contribution in [-0.4, -0.2) is 30.8 Å². The van der Waals surface area contributed by atoms with Crippen molar-refractivity contribution >= 4 is 0 Å². The van der Waals surface area contributed by atoms with E-state index in [9.17, 15) is 10.2 Å². The molecule has 16 heavy (non-hydrogen) atoms. The average molecular weight is 225 g/mol. The predicted octanol–water partition coefficient (Wildman–Crippen LogP) is 0.934. The zero-order chi connectivity index (χ0) is 11.6. The fourth-order valence-corrected chi connectivity index (χ4v) is 2.43. The largest absolute Gasteiger partial charge is 0.387 e. The lowest BCUT2D eigenvalue weighted by atomic mass is 9.87. The highest BCUT2D eigenvalue weighted by molar-refractivity contribution is 5.06. The lowest BCUT2D eigenvalue weighted by Gasteiger charge is -2.31. The lowest BCUT2D eigenvalue weighted by Crippen LogP contribution is -2.36. The molecule has 2 rings (SSSR count). The van der Waals surface area contributed by atoms with Crippen LogP contribution in [0.3, 0.4) is 0 Å². The van der Waals surface area contributed by atoms with Crippen LogP contribution in [0.2, 0.25) is 0 Å². The van der Waals surface area contributed by atoms with Gasteiger partial charge >= 0.3 is 0 Å². The van der Waals surface area contributed by atoms with E-state index < -0.39 is 11.7 Å². The van der Waals surface area contributed by atoms with Crippen molar-refractivity contribution < 1.29 is 10.2 Å². The minimum Gasteiger partial charge on any atom is -0.387 e. The molecule has 0 bridgehead atoms. The van der Waals surface area contributed by atoms with Gasteiger partial charge in [-0.3, -0.25) is 0 Å². The number of aromatic nitrogens is 3. The number of aryl methyl sites for hydroxylation is 1. The van der Waals surface area contributed by atoms with Gasteiger partial charge in [-0.05, 0) is 12.8 Å². The van der Waals surface area contributed by atoms with Crippen molar-refractivity contribution in [2.24, 2.45) is 7.05 Å². The van der Waals surface area contributed by atoms with Gasteiger partial charge in [0.2, 0.25) is 0 Å². The smallest absolute Gasteiger partial charge is 0.126 e. The third-order valence-corrected chi connectivity index (χ3v) is 3.51. The van der Waals surface area contributed by atoms with E-state index in [0.29, 0.717) is 18.5 Å². The molecule has 1 fully saturated rings. The second kappa shape index (κ2) is 4.51. The quantitative estimate of drug-likeness (QED) is 0.735. The number of aliphatic hydroxyl groups is 2. The van der Waals surface area contributed by atoms with Gasteiger partial charge in [-0.1, -0.05) is 30.9 Å². The molecule has 0 radical (unpaired) electrons. The Morgan fingerprint density at radius 3 is 2.44 bits per heavy atom. The highest BCUT2D eigenvalue weighted by Crippen LogP contribution is 2.36. The van der Waals surface area contributed by atoms with Crippen LogP contribution in [0.4, 0.5) is 0 Å². The average Bonchev–Trinajstić information content (AvgIpc) is 2.55. The molecule has 0 amide bonds. The lowest BCUT2D eigenvalue weighted by molar-refractivity contribution is -0.0898. The number of hydrogen-bond acceptors (Lipinski definition) is 4. The van der Waals surface area contributed by atoms with Gasteiger partial charge in [-0.15, -0.1) is 5.10 Å². The van der Waals surface area contributed by atoms with Crippen molar-refractivity contribution in [2.45, 2.75) is 50.2 Å². The summed E-state index contributed by atoms with van der Waals surface area (Å²) in [6.07, 6.45) is 6.16. The summed E-state index contributed by atoms with van der Waals surface area (Å²) in [5.41, 5.74) is -0.421. The summed E-state index contributed by atoms with van der Waals surface area (Å²) in [5, 5.41) is 28.3. The van der Waals surface area contributed by atoms with Crippen LogP contribution in [0, 0.1) is 0 Å². The van der Waals surface area contributed by atoms with Gasteiger partial charge in [-0.2, -0.15) is 0 Å². The van der Waals surface area contributed by atoms with Gasteiger partial charge in [0.25, 0.3) is 0 Å². The normalized spacial score (nSPS) is 22.7. The Bertz CT molecular complexity index is 343. The number of rotatable bonds is 2.